The van der Waals surface area contributed by atoms with E-state index in [1.54, 1.807) is 12.1 Å². The number of nitrogens with zero attached hydrogens (tertiary/aromatic N) is 1. The van der Waals surface area contributed by atoms with Gasteiger partial charge in [-0.1, -0.05) is 0 Å². The van der Waals surface area contributed by atoms with Crippen molar-refractivity contribution in [3.05, 3.63) is 23.7 Å². The largest absolute Gasteiger partial charge is 0.455 e. The van der Waals surface area contributed by atoms with E-state index in [9.17, 15) is 4.79 Å². The summed E-state index contributed by atoms with van der Waals surface area (Å²) in [6.07, 6.45) is 0. The van der Waals surface area contributed by atoms with E-state index in [0.717, 1.165) is 32.1 Å². The van der Waals surface area contributed by atoms with Gasteiger partial charge in [0, 0.05) is 13.1 Å². The summed E-state index contributed by atoms with van der Waals surface area (Å²) in [4.78, 5) is 13.0. The lowest BCUT2D eigenvalue weighted by Gasteiger charge is -2.25. The molecule has 0 N–H and O–H groups in total. The smallest absolute Gasteiger partial charge is 0.287 e. The molecule has 0 unspecified atom stereocenters. The Bertz CT molecular complexity index is 344. The Morgan fingerprint density at radius 1 is 1.40 bits per heavy atom. The van der Waals surface area contributed by atoms with Gasteiger partial charge in [0.25, 0.3) is 5.24 Å². The zero-order valence-corrected chi connectivity index (χ0v) is 9.00. The van der Waals surface area contributed by atoms with Crippen molar-refractivity contribution < 1.29 is 13.9 Å². The number of ether oxygens (including phenoxy) is 1. The van der Waals surface area contributed by atoms with E-state index >= 15 is 0 Å². The molecule has 1 aliphatic rings. The van der Waals surface area contributed by atoms with Crippen molar-refractivity contribution in [2.45, 2.75) is 6.54 Å². The average Bonchev–Trinajstić information content (AvgIpc) is 2.68. The fourth-order valence-corrected chi connectivity index (χ4v) is 1.65. The Morgan fingerprint density at radius 2 is 2.13 bits per heavy atom. The second kappa shape index (κ2) is 4.79. The van der Waals surface area contributed by atoms with Crippen LogP contribution in [0.15, 0.2) is 16.5 Å². The maximum Gasteiger partial charge on any atom is 0.287 e. The Morgan fingerprint density at radius 3 is 2.73 bits per heavy atom. The van der Waals surface area contributed by atoms with Crippen LogP contribution in [-0.2, 0) is 11.3 Å². The van der Waals surface area contributed by atoms with Crippen LogP contribution < -0.4 is 0 Å². The molecular weight excluding hydrogens is 218 g/mol. The van der Waals surface area contributed by atoms with Crippen molar-refractivity contribution in [1.29, 1.82) is 0 Å². The molecule has 0 spiro atoms. The predicted octanol–water partition coefficient (Wildman–Crippen LogP) is 1.49. The Kier molecular flexibility index (Phi) is 3.41. The van der Waals surface area contributed by atoms with Crippen LogP contribution in [0.2, 0.25) is 0 Å². The molecule has 5 heteroatoms. The molecule has 0 amide bonds. The van der Waals surface area contributed by atoms with E-state index in [2.05, 4.69) is 4.90 Å². The van der Waals surface area contributed by atoms with Crippen LogP contribution >= 0.6 is 11.6 Å². The first-order chi connectivity index (χ1) is 7.25. The first-order valence-electron chi connectivity index (χ1n) is 4.84. The number of carbonyl (C=O) groups excluding carboxylic acids is 1. The number of furan rings is 1. The molecule has 1 aliphatic heterocycles. The molecule has 2 heterocycles. The summed E-state index contributed by atoms with van der Waals surface area (Å²) in [7, 11) is 0. The monoisotopic (exact) mass is 229 g/mol. The van der Waals surface area contributed by atoms with Gasteiger partial charge in [0.15, 0.2) is 5.76 Å². The molecule has 0 aromatic carbocycles. The number of morpholine rings is 1. The third-order valence-corrected chi connectivity index (χ3v) is 2.52. The van der Waals surface area contributed by atoms with E-state index in [1.165, 1.54) is 0 Å². The molecule has 1 aromatic rings. The average molecular weight is 230 g/mol. The fraction of sp³-hybridized carbons (Fsp3) is 0.500. The Hall–Kier alpha value is -0.840. The van der Waals surface area contributed by atoms with Crippen LogP contribution in [0.1, 0.15) is 16.3 Å². The molecule has 0 radical (unpaired) electrons. The molecule has 1 fully saturated rings. The summed E-state index contributed by atoms with van der Waals surface area (Å²) in [6.45, 7) is 3.99. The van der Waals surface area contributed by atoms with E-state index in [0.29, 0.717) is 6.54 Å². The standard InChI is InChI=1S/C10H12ClNO3/c11-10(13)9-2-1-8(15-9)7-12-3-5-14-6-4-12/h1-2H,3-7H2. The van der Waals surface area contributed by atoms with Crippen LogP contribution in [0.25, 0.3) is 0 Å². The normalized spacial score (nSPS) is 17.9. The van der Waals surface area contributed by atoms with Crippen molar-refractivity contribution in [1.82, 2.24) is 4.90 Å². The minimum Gasteiger partial charge on any atom is -0.455 e. The lowest BCUT2D eigenvalue weighted by molar-refractivity contribution is 0.0312. The molecule has 15 heavy (non-hydrogen) atoms. The van der Waals surface area contributed by atoms with Gasteiger partial charge in [0.05, 0.1) is 19.8 Å². The molecule has 1 saturated heterocycles. The van der Waals surface area contributed by atoms with Gasteiger partial charge in [-0.2, -0.15) is 0 Å². The van der Waals surface area contributed by atoms with Gasteiger partial charge in [-0.3, -0.25) is 9.69 Å². The highest BCUT2D eigenvalue weighted by molar-refractivity contribution is 6.67. The lowest BCUT2D eigenvalue weighted by Crippen LogP contribution is -2.35. The van der Waals surface area contributed by atoms with Crippen molar-refractivity contribution in [2.75, 3.05) is 26.3 Å². The summed E-state index contributed by atoms with van der Waals surface area (Å²) >= 11 is 5.29. The number of hydrogen-bond donors (Lipinski definition) is 0. The van der Waals surface area contributed by atoms with Gasteiger partial charge in [-0.25, -0.2) is 0 Å². The van der Waals surface area contributed by atoms with Gasteiger partial charge in [-0.05, 0) is 23.7 Å². The van der Waals surface area contributed by atoms with Crippen LogP contribution in [0.3, 0.4) is 0 Å². The molecule has 0 bridgehead atoms. The molecule has 2 rings (SSSR count). The number of hydrogen-bond acceptors (Lipinski definition) is 4. The maximum absolute atomic E-state index is 10.8. The highest BCUT2D eigenvalue weighted by Crippen LogP contribution is 2.13. The van der Waals surface area contributed by atoms with Crippen LogP contribution in [0.5, 0.6) is 0 Å². The quantitative estimate of drug-likeness (QED) is 0.737. The molecule has 0 aliphatic carbocycles. The van der Waals surface area contributed by atoms with Crippen molar-refractivity contribution in [3.63, 3.8) is 0 Å². The van der Waals surface area contributed by atoms with E-state index < -0.39 is 5.24 Å². The summed E-state index contributed by atoms with van der Waals surface area (Å²) in [5.41, 5.74) is 0. The highest BCUT2D eigenvalue weighted by Gasteiger charge is 2.14. The first kappa shape index (κ1) is 10.7. The van der Waals surface area contributed by atoms with E-state index in [1.807, 2.05) is 0 Å². The topological polar surface area (TPSA) is 42.7 Å². The van der Waals surface area contributed by atoms with E-state index in [-0.39, 0.29) is 5.76 Å². The molecule has 4 nitrogen and oxygen atoms in total. The lowest BCUT2D eigenvalue weighted by atomic mass is 10.3. The summed E-state index contributed by atoms with van der Waals surface area (Å²) in [5, 5.41) is -0.553. The summed E-state index contributed by atoms with van der Waals surface area (Å²) < 4.78 is 10.5. The minimum atomic E-state index is -0.553. The zero-order chi connectivity index (χ0) is 10.7. The summed E-state index contributed by atoms with van der Waals surface area (Å²) in [6, 6.07) is 3.39. The molecule has 82 valence electrons. The van der Waals surface area contributed by atoms with Gasteiger partial charge in [0.2, 0.25) is 0 Å². The van der Waals surface area contributed by atoms with Crippen LogP contribution in [0, 0.1) is 0 Å². The second-order valence-electron chi connectivity index (χ2n) is 3.43. The van der Waals surface area contributed by atoms with E-state index in [4.69, 9.17) is 20.8 Å². The highest BCUT2D eigenvalue weighted by atomic mass is 35.5. The van der Waals surface area contributed by atoms with Crippen molar-refractivity contribution in [2.24, 2.45) is 0 Å². The van der Waals surface area contributed by atoms with Gasteiger partial charge in [0.1, 0.15) is 5.76 Å². The predicted molar refractivity (Wildman–Crippen MR) is 55.0 cm³/mol. The third-order valence-electron chi connectivity index (χ3n) is 2.34. The van der Waals surface area contributed by atoms with Crippen molar-refractivity contribution >= 4 is 16.8 Å². The van der Waals surface area contributed by atoms with Crippen LogP contribution in [-0.4, -0.2) is 36.4 Å². The Labute approximate surface area is 92.7 Å². The zero-order valence-electron chi connectivity index (χ0n) is 8.24. The second-order valence-corrected chi connectivity index (χ2v) is 3.77. The first-order valence-corrected chi connectivity index (χ1v) is 5.22. The summed E-state index contributed by atoms with van der Waals surface area (Å²) in [5.74, 6) is 0.973. The number of carbonyl (C=O) groups is 1. The van der Waals surface area contributed by atoms with Gasteiger partial charge < -0.3 is 9.15 Å². The fourth-order valence-electron chi connectivity index (χ4n) is 1.55. The molecule has 0 atom stereocenters. The number of halogens is 1. The molecular formula is C10H12ClNO3. The molecule has 1 aromatic heterocycles. The number of rotatable bonds is 3. The molecule has 0 saturated carbocycles. The maximum atomic E-state index is 10.8. The Balaban J connectivity index is 1.94. The van der Waals surface area contributed by atoms with Gasteiger partial charge >= 0.3 is 0 Å². The van der Waals surface area contributed by atoms with Crippen LogP contribution in [0.4, 0.5) is 0 Å². The van der Waals surface area contributed by atoms with Crippen molar-refractivity contribution in [3.8, 4) is 0 Å². The SMILES string of the molecule is O=C(Cl)c1ccc(CN2CCOCC2)o1. The minimum absolute atomic E-state index is 0.208. The van der Waals surface area contributed by atoms with Gasteiger partial charge in [-0.15, -0.1) is 0 Å². The third kappa shape index (κ3) is 2.81.